The molecule has 4 rings (SSSR count). The number of thiazole rings is 1. The maximum absolute atomic E-state index is 13.4. The van der Waals surface area contributed by atoms with Crippen LogP contribution in [0, 0.1) is 5.92 Å². The summed E-state index contributed by atoms with van der Waals surface area (Å²) in [5, 5.41) is 9.06. The van der Waals surface area contributed by atoms with E-state index in [9.17, 15) is 14.7 Å². The van der Waals surface area contributed by atoms with Crippen molar-refractivity contribution in [2.45, 2.75) is 75.0 Å². The van der Waals surface area contributed by atoms with E-state index < -0.39 is 16.8 Å². The fraction of sp³-hybridized carbons (Fsp3) is 0.444. The van der Waals surface area contributed by atoms with E-state index in [1.165, 1.54) is 23.1 Å². The summed E-state index contributed by atoms with van der Waals surface area (Å²) in [6, 6.07) is 11.1. The van der Waals surface area contributed by atoms with E-state index in [-0.39, 0.29) is 29.3 Å². The molecule has 2 heterocycles. The standard InChI is InChI=1S/C27H32N2O4S2/c1-15(2)27(11-10-16-6-8-18(30)9-7-16)14-19(31)23(24(32)33-27)34-20-12-17(26(3,4)5)13-21-22(20)29-25(28)35-21/h6-9,12-13,15,23,30H,10-11,14H2,1-5H3,(H2,28,29)/t23?,27-/m0/s1. The number of fused-ring (bicyclic) bond motifs is 1. The van der Waals surface area contributed by atoms with Crippen molar-refractivity contribution in [1.29, 1.82) is 0 Å². The Hall–Kier alpha value is -2.58. The average molecular weight is 513 g/mol. The van der Waals surface area contributed by atoms with Crippen LogP contribution in [-0.4, -0.2) is 32.7 Å². The normalized spacial score (nSPS) is 21.0. The Labute approximate surface area is 214 Å². The first kappa shape index (κ1) is 25.5. The summed E-state index contributed by atoms with van der Waals surface area (Å²) >= 11 is 2.62. The molecule has 1 saturated heterocycles. The molecule has 1 aliphatic rings. The average Bonchev–Trinajstić information content (AvgIpc) is 3.15. The number of anilines is 1. The number of aryl methyl sites for hydroxylation is 1. The number of esters is 1. The molecule has 0 saturated carbocycles. The van der Waals surface area contributed by atoms with Gasteiger partial charge in [0.25, 0.3) is 0 Å². The van der Waals surface area contributed by atoms with Crippen LogP contribution < -0.4 is 5.73 Å². The molecule has 35 heavy (non-hydrogen) atoms. The number of aromatic nitrogens is 1. The van der Waals surface area contributed by atoms with E-state index in [4.69, 9.17) is 10.5 Å². The molecule has 1 aliphatic heterocycles. The van der Waals surface area contributed by atoms with Crippen molar-refractivity contribution >= 4 is 50.2 Å². The van der Waals surface area contributed by atoms with Crippen LogP contribution in [0.3, 0.4) is 0 Å². The van der Waals surface area contributed by atoms with Crippen molar-refractivity contribution in [3.8, 4) is 5.75 Å². The van der Waals surface area contributed by atoms with E-state index in [0.29, 0.717) is 18.0 Å². The predicted molar refractivity (Wildman–Crippen MR) is 142 cm³/mol. The maximum atomic E-state index is 13.4. The van der Waals surface area contributed by atoms with Gasteiger partial charge in [-0.3, -0.25) is 9.59 Å². The van der Waals surface area contributed by atoms with Crippen LogP contribution >= 0.6 is 23.1 Å². The lowest BCUT2D eigenvalue weighted by atomic mass is 9.78. The minimum absolute atomic E-state index is 0.0206. The van der Waals surface area contributed by atoms with Gasteiger partial charge in [-0.25, -0.2) is 4.98 Å². The summed E-state index contributed by atoms with van der Waals surface area (Å²) in [7, 11) is 0. The molecule has 1 aromatic heterocycles. The monoisotopic (exact) mass is 512 g/mol. The lowest BCUT2D eigenvalue weighted by Gasteiger charge is -2.41. The highest BCUT2D eigenvalue weighted by atomic mass is 32.2. The fourth-order valence-corrected chi connectivity index (χ4v) is 6.30. The molecule has 186 valence electrons. The summed E-state index contributed by atoms with van der Waals surface area (Å²) in [6.45, 7) is 10.3. The van der Waals surface area contributed by atoms with E-state index in [2.05, 4.69) is 31.8 Å². The minimum atomic E-state index is -0.933. The number of hydrogen-bond acceptors (Lipinski definition) is 8. The fourth-order valence-electron chi connectivity index (χ4n) is 4.36. The molecule has 3 aromatic rings. The van der Waals surface area contributed by atoms with Gasteiger partial charge in [0, 0.05) is 11.3 Å². The number of thioether (sulfide) groups is 1. The number of phenols is 1. The largest absolute Gasteiger partial charge is 0.508 e. The van der Waals surface area contributed by atoms with Crippen molar-refractivity contribution in [3.05, 3.63) is 47.5 Å². The highest BCUT2D eigenvalue weighted by Crippen LogP contribution is 2.43. The molecule has 2 atom stereocenters. The number of aromatic hydroxyl groups is 1. The molecule has 3 N–H and O–H groups in total. The Bertz CT molecular complexity index is 1240. The second-order valence-corrected chi connectivity index (χ2v) is 12.8. The zero-order valence-electron chi connectivity index (χ0n) is 20.8. The van der Waals surface area contributed by atoms with Gasteiger partial charge < -0.3 is 15.6 Å². The molecule has 1 unspecified atom stereocenters. The molecule has 0 aliphatic carbocycles. The highest BCUT2D eigenvalue weighted by Gasteiger charge is 2.49. The van der Waals surface area contributed by atoms with Crippen LogP contribution in [0.2, 0.25) is 0 Å². The predicted octanol–water partition coefficient (Wildman–Crippen LogP) is 5.89. The molecule has 1 fully saturated rings. The molecule has 8 heteroatoms. The summed E-state index contributed by atoms with van der Waals surface area (Å²) in [6.07, 6.45) is 1.35. The number of carbonyl (C=O) groups is 2. The Morgan fingerprint density at radius 1 is 1.23 bits per heavy atom. The number of nitrogen functional groups attached to an aromatic ring is 1. The third kappa shape index (κ3) is 5.33. The topological polar surface area (TPSA) is 103 Å². The van der Waals surface area contributed by atoms with E-state index >= 15 is 0 Å². The Balaban J connectivity index is 1.59. The van der Waals surface area contributed by atoms with Gasteiger partial charge in [0.2, 0.25) is 0 Å². The summed E-state index contributed by atoms with van der Waals surface area (Å²) in [4.78, 5) is 31.9. The Morgan fingerprint density at radius 3 is 2.51 bits per heavy atom. The van der Waals surface area contributed by atoms with Crippen LogP contribution in [0.1, 0.15) is 58.6 Å². The smallest absolute Gasteiger partial charge is 0.327 e. The number of cyclic esters (lactones) is 1. The van der Waals surface area contributed by atoms with E-state index in [0.717, 1.165) is 26.2 Å². The second-order valence-electron chi connectivity index (χ2n) is 10.6. The number of ether oxygens (including phenoxy) is 1. The van der Waals surface area contributed by atoms with Gasteiger partial charge in [-0.1, -0.05) is 58.1 Å². The van der Waals surface area contributed by atoms with Crippen LogP contribution in [0.25, 0.3) is 10.2 Å². The van der Waals surface area contributed by atoms with Gasteiger partial charge >= 0.3 is 5.97 Å². The number of carbonyl (C=O) groups excluding carboxylic acids is 2. The summed E-state index contributed by atoms with van der Waals surface area (Å²) in [5.74, 6) is -0.433. The van der Waals surface area contributed by atoms with Crippen molar-refractivity contribution in [1.82, 2.24) is 4.98 Å². The zero-order chi connectivity index (χ0) is 25.5. The van der Waals surface area contributed by atoms with E-state index in [1.54, 1.807) is 12.1 Å². The van der Waals surface area contributed by atoms with Gasteiger partial charge in [-0.2, -0.15) is 0 Å². The lowest BCUT2D eigenvalue weighted by Crippen LogP contribution is -2.52. The molecule has 0 bridgehead atoms. The van der Waals surface area contributed by atoms with Crippen molar-refractivity contribution in [2.24, 2.45) is 5.92 Å². The number of nitrogens with two attached hydrogens (primary N) is 1. The minimum Gasteiger partial charge on any atom is -0.508 e. The first-order valence-corrected chi connectivity index (χ1v) is 13.5. The van der Waals surface area contributed by atoms with Crippen LogP contribution in [0.5, 0.6) is 5.75 Å². The van der Waals surface area contributed by atoms with Crippen molar-refractivity contribution in [2.75, 3.05) is 5.73 Å². The first-order chi connectivity index (χ1) is 16.4. The van der Waals surface area contributed by atoms with Crippen LogP contribution in [0.4, 0.5) is 5.13 Å². The number of ketones is 1. The maximum Gasteiger partial charge on any atom is 0.327 e. The lowest BCUT2D eigenvalue weighted by molar-refractivity contribution is -0.176. The van der Waals surface area contributed by atoms with Crippen LogP contribution in [0.15, 0.2) is 41.3 Å². The molecule has 0 radical (unpaired) electrons. The van der Waals surface area contributed by atoms with Gasteiger partial charge in [0.05, 0.1) is 10.2 Å². The van der Waals surface area contributed by atoms with Gasteiger partial charge in [0.15, 0.2) is 16.2 Å². The van der Waals surface area contributed by atoms with E-state index in [1.807, 2.05) is 32.0 Å². The molecular formula is C27H32N2O4S2. The zero-order valence-corrected chi connectivity index (χ0v) is 22.4. The SMILES string of the molecule is CC(C)[C@]1(CCc2ccc(O)cc2)CC(=O)C(Sc2cc(C(C)(C)C)cc3sc(N)nc23)C(=O)O1. The number of phenolic OH excluding ortho intramolecular Hbond substituents is 1. The van der Waals surface area contributed by atoms with Crippen molar-refractivity contribution in [3.63, 3.8) is 0 Å². The molecule has 6 nitrogen and oxygen atoms in total. The highest BCUT2D eigenvalue weighted by molar-refractivity contribution is 8.01. The number of Topliss-reactive ketones (excluding diaryl/α,β-unsaturated/α-hetero) is 1. The Kier molecular flexibility index (Phi) is 6.90. The third-order valence-electron chi connectivity index (χ3n) is 6.70. The van der Waals surface area contributed by atoms with Crippen molar-refractivity contribution < 1.29 is 19.4 Å². The molecule has 0 amide bonds. The summed E-state index contributed by atoms with van der Waals surface area (Å²) < 4.78 is 7.02. The third-order valence-corrected chi connectivity index (χ3v) is 8.78. The van der Waals surface area contributed by atoms with Gasteiger partial charge in [-0.15, -0.1) is 11.8 Å². The quantitative estimate of drug-likeness (QED) is 0.314. The van der Waals surface area contributed by atoms with Crippen LogP contribution in [-0.2, 0) is 26.2 Å². The first-order valence-electron chi connectivity index (χ1n) is 11.8. The second kappa shape index (κ2) is 9.47. The van der Waals surface area contributed by atoms with Gasteiger partial charge in [-0.05, 0) is 59.6 Å². The molecule has 2 aromatic carbocycles. The van der Waals surface area contributed by atoms with Gasteiger partial charge in [0.1, 0.15) is 11.4 Å². The summed E-state index contributed by atoms with van der Waals surface area (Å²) in [5.41, 5.74) is 7.87. The number of hydrogen-bond donors (Lipinski definition) is 2. The number of nitrogens with zero attached hydrogens (tertiary/aromatic N) is 1. The number of rotatable bonds is 6. The molecule has 0 spiro atoms. The Morgan fingerprint density at radius 2 is 1.91 bits per heavy atom. The number of benzene rings is 2. The molecular weight excluding hydrogens is 480 g/mol.